The first-order valence-corrected chi connectivity index (χ1v) is 5.55. The van der Waals surface area contributed by atoms with E-state index in [2.05, 4.69) is 10.6 Å². The molecule has 5 heteroatoms. The largest absolute Gasteiger partial charge is 0.497 e. The van der Waals surface area contributed by atoms with Crippen molar-refractivity contribution in [1.29, 1.82) is 0 Å². The van der Waals surface area contributed by atoms with Gasteiger partial charge < -0.3 is 15.4 Å². The lowest BCUT2D eigenvalue weighted by molar-refractivity contribution is 0.240. The third-order valence-corrected chi connectivity index (χ3v) is 2.53. The van der Waals surface area contributed by atoms with E-state index in [1.807, 2.05) is 0 Å². The van der Waals surface area contributed by atoms with Crippen LogP contribution in [0.4, 0.5) is 9.18 Å². The van der Waals surface area contributed by atoms with E-state index in [1.165, 1.54) is 19.2 Å². The molecule has 17 heavy (non-hydrogen) atoms. The van der Waals surface area contributed by atoms with Gasteiger partial charge in [-0.3, -0.25) is 0 Å². The van der Waals surface area contributed by atoms with Gasteiger partial charge in [0.2, 0.25) is 0 Å². The normalized spacial score (nSPS) is 14.2. The second-order valence-electron chi connectivity index (χ2n) is 4.10. The Kier molecular flexibility index (Phi) is 3.46. The van der Waals surface area contributed by atoms with Crippen molar-refractivity contribution in [2.45, 2.75) is 25.4 Å². The average molecular weight is 238 g/mol. The molecule has 1 aromatic rings. The number of hydrogen-bond acceptors (Lipinski definition) is 2. The predicted molar refractivity (Wildman–Crippen MR) is 61.3 cm³/mol. The maximum absolute atomic E-state index is 13.2. The maximum Gasteiger partial charge on any atom is 0.315 e. The minimum Gasteiger partial charge on any atom is -0.497 e. The van der Waals surface area contributed by atoms with E-state index in [0.29, 0.717) is 17.4 Å². The molecule has 0 saturated heterocycles. The average Bonchev–Trinajstić information content (AvgIpc) is 3.09. The van der Waals surface area contributed by atoms with Crippen molar-refractivity contribution in [3.63, 3.8) is 0 Å². The van der Waals surface area contributed by atoms with Crippen molar-refractivity contribution >= 4 is 6.03 Å². The van der Waals surface area contributed by atoms with Crippen molar-refractivity contribution in [3.8, 4) is 5.75 Å². The van der Waals surface area contributed by atoms with E-state index in [1.54, 1.807) is 6.07 Å². The lowest BCUT2D eigenvalue weighted by atomic mass is 10.2. The number of halogens is 1. The van der Waals surface area contributed by atoms with Gasteiger partial charge in [0.15, 0.2) is 0 Å². The molecular formula is C12H15FN2O2. The molecule has 0 radical (unpaired) electrons. The molecule has 4 nitrogen and oxygen atoms in total. The lowest BCUT2D eigenvalue weighted by Gasteiger charge is -2.08. The van der Waals surface area contributed by atoms with E-state index < -0.39 is 0 Å². The summed E-state index contributed by atoms with van der Waals surface area (Å²) in [5, 5.41) is 5.47. The third-order valence-electron chi connectivity index (χ3n) is 2.53. The van der Waals surface area contributed by atoms with Crippen molar-refractivity contribution in [3.05, 3.63) is 29.6 Å². The van der Waals surface area contributed by atoms with Crippen LogP contribution in [-0.4, -0.2) is 19.2 Å². The van der Waals surface area contributed by atoms with Crippen LogP contribution < -0.4 is 15.4 Å². The first-order chi connectivity index (χ1) is 8.17. The first kappa shape index (κ1) is 11.7. The van der Waals surface area contributed by atoms with Crippen molar-refractivity contribution in [2.75, 3.05) is 7.11 Å². The zero-order valence-electron chi connectivity index (χ0n) is 9.63. The summed E-state index contributed by atoms with van der Waals surface area (Å²) in [6, 6.07) is 4.47. The Hall–Kier alpha value is -1.78. The van der Waals surface area contributed by atoms with Crippen molar-refractivity contribution in [2.24, 2.45) is 0 Å². The molecule has 0 aromatic heterocycles. The summed E-state index contributed by atoms with van der Waals surface area (Å²) in [6.07, 6.45) is 2.09. The number of urea groups is 1. The Labute approximate surface area is 99.2 Å². The number of rotatable bonds is 4. The van der Waals surface area contributed by atoms with Crippen LogP contribution in [0.15, 0.2) is 18.2 Å². The molecule has 1 aromatic carbocycles. The number of nitrogens with one attached hydrogen (secondary N) is 2. The van der Waals surface area contributed by atoms with Gasteiger partial charge in [-0.2, -0.15) is 0 Å². The van der Waals surface area contributed by atoms with E-state index in [0.717, 1.165) is 12.8 Å². The summed E-state index contributed by atoms with van der Waals surface area (Å²) < 4.78 is 18.1. The zero-order valence-corrected chi connectivity index (χ0v) is 9.63. The molecule has 92 valence electrons. The molecule has 0 atom stereocenters. The topological polar surface area (TPSA) is 50.4 Å². The molecule has 1 aliphatic rings. The van der Waals surface area contributed by atoms with Gasteiger partial charge in [-0.05, 0) is 30.5 Å². The van der Waals surface area contributed by atoms with Crippen LogP contribution >= 0.6 is 0 Å². The van der Waals surface area contributed by atoms with Gasteiger partial charge in [0.1, 0.15) is 11.6 Å². The van der Waals surface area contributed by atoms with Crippen LogP contribution in [0.2, 0.25) is 0 Å². The molecule has 2 rings (SSSR count). The van der Waals surface area contributed by atoms with Gasteiger partial charge in [-0.1, -0.05) is 0 Å². The Bertz CT molecular complexity index is 419. The number of carbonyl (C=O) groups is 1. The van der Waals surface area contributed by atoms with Crippen molar-refractivity contribution in [1.82, 2.24) is 10.6 Å². The minimum absolute atomic E-state index is 0.212. The molecular weight excluding hydrogens is 223 g/mol. The first-order valence-electron chi connectivity index (χ1n) is 5.55. The van der Waals surface area contributed by atoms with E-state index >= 15 is 0 Å². The number of carbonyl (C=O) groups excluding carboxylic acids is 1. The SMILES string of the molecule is COc1cc(F)cc(CNC(=O)NC2CC2)c1. The summed E-state index contributed by atoms with van der Waals surface area (Å²) in [7, 11) is 1.48. The van der Waals surface area contributed by atoms with Crippen LogP contribution in [0, 0.1) is 5.82 Å². The second-order valence-corrected chi connectivity index (χ2v) is 4.10. The summed E-state index contributed by atoms with van der Waals surface area (Å²) in [6.45, 7) is 0.284. The Morgan fingerprint density at radius 3 is 2.88 bits per heavy atom. The molecule has 0 spiro atoms. The minimum atomic E-state index is -0.372. The van der Waals surface area contributed by atoms with Crippen LogP contribution in [0.5, 0.6) is 5.75 Å². The van der Waals surface area contributed by atoms with Gasteiger partial charge in [-0.15, -0.1) is 0 Å². The molecule has 0 heterocycles. The smallest absolute Gasteiger partial charge is 0.315 e. The molecule has 0 aliphatic heterocycles. The maximum atomic E-state index is 13.2. The van der Waals surface area contributed by atoms with Crippen LogP contribution in [-0.2, 0) is 6.54 Å². The fourth-order valence-electron chi connectivity index (χ4n) is 1.49. The predicted octanol–water partition coefficient (Wildman–Crippen LogP) is 1.80. The Morgan fingerprint density at radius 2 is 2.24 bits per heavy atom. The van der Waals surface area contributed by atoms with Crippen LogP contribution in [0.3, 0.4) is 0 Å². The highest BCUT2D eigenvalue weighted by atomic mass is 19.1. The molecule has 1 saturated carbocycles. The molecule has 2 amide bonds. The zero-order chi connectivity index (χ0) is 12.3. The second kappa shape index (κ2) is 5.03. The Balaban J connectivity index is 1.88. The van der Waals surface area contributed by atoms with Crippen molar-refractivity contribution < 1.29 is 13.9 Å². The standard InChI is InChI=1S/C12H15FN2O2/c1-17-11-5-8(4-9(13)6-11)7-14-12(16)15-10-2-3-10/h4-6,10H,2-3,7H2,1H3,(H2,14,15,16). The molecule has 0 unspecified atom stereocenters. The molecule has 1 fully saturated rings. The van der Waals surface area contributed by atoms with E-state index in [9.17, 15) is 9.18 Å². The summed E-state index contributed by atoms with van der Waals surface area (Å²) in [5.74, 6) is 0.0770. The highest BCUT2D eigenvalue weighted by Gasteiger charge is 2.22. The van der Waals surface area contributed by atoms with Gasteiger partial charge >= 0.3 is 6.03 Å². The summed E-state index contributed by atoms with van der Waals surface area (Å²) in [4.78, 5) is 11.4. The quantitative estimate of drug-likeness (QED) is 0.840. The lowest BCUT2D eigenvalue weighted by Crippen LogP contribution is -2.36. The highest BCUT2D eigenvalue weighted by Crippen LogP contribution is 2.18. The third kappa shape index (κ3) is 3.62. The number of hydrogen-bond donors (Lipinski definition) is 2. The van der Waals surface area contributed by atoms with Gasteiger partial charge in [0.05, 0.1) is 7.11 Å². The van der Waals surface area contributed by atoms with Gasteiger partial charge in [0.25, 0.3) is 0 Å². The number of ether oxygens (including phenoxy) is 1. The summed E-state index contributed by atoms with van der Waals surface area (Å²) >= 11 is 0. The molecule has 2 N–H and O–H groups in total. The number of amides is 2. The van der Waals surface area contributed by atoms with E-state index in [-0.39, 0.29) is 18.4 Å². The highest BCUT2D eigenvalue weighted by molar-refractivity contribution is 5.74. The van der Waals surface area contributed by atoms with Gasteiger partial charge in [-0.25, -0.2) is 9.18 Å². The number of benzene rings is 1. The Morgan fingerprint density at radius 1 is 1.47 bits per heavy atom. The fraction of sp³-hybridized carbons (Fsp3) is 0.417. The van der Waals surface area contributed by atoms with E-state index in [4.69, 9.17) is 4.74 Å². The monoisotopic (exact) mass is 238 g/mol. The summed E-state index contributed by atoms with van der Waals surface area (Å²) in [5.41, 5.74) is 0.674. The van der Waals surface area contributed by atoms with Crippen LogP contribution in [0.1, 0.15) is 18.4 Å². The number of methoxy groups -OCH3 is 1. The molecule has 0 bridgehead atoms. The fourth-order valence-corrected chi connectivity index (χ4v) is 1.49. The van der Waals surface area contributed by atoms with Gasteiger partial charge in [0, 0.05) is 18.7 Å². The van der Waals surface area contributed by atoms with Crippen LogP contribution in [0.25, 0.3) is 0 Å². The molecule has 1 aliphatic carbocycles.